The minimum absolute atomic E-state index is 0.960. The average Bonchev–Trinajstić information content (AvgIpc) is 3.46. The molecule has 0 aliphatic carbocycles. The largest absolute Gasteiger partial charge is 0.341 e. The van der Waals surface area contributed by atoms with Crippen LogP contribution >= 0.6 is 0 Å². The Morgan fingerprint density at radius 3 is 1.29 bits per heavy atom. The van der Waals surface area contributed by atoms with E-state index in [9.17, 15) is 0 Å². The average molecular weight is 628 g/mol. The standard InChI is InChI=1S/C48H37N/c1-4-49-45-16-10-9-11-39(45)44-30-37(25-26-46(44)49)35-19-17-33(18-20-35)34-21-23-36(24-22-34)47-40-12-5-7-14-42(40)48(43-15-8-6-13-41(43)47)38-28-31(2)27-32(3)29-38/h5-30H,4H2,1-3H3. The minimum Gasteiger partial charge on any atom is -0.341 e. The molecule has 1 heterocycles. The van der Waals surface area contributed by atoms with Crippen molar-refractivity contribution in [2.45, 2.75) is 27.3 Å². The van der Waals surface area contributed by atoms with Crippen LogP contribution in [0.5, 0.6) is 0 Å². The van der Waals surface area contributed by atoms with Gasteiger partial charge in [0.2, 0.25) is 0 Å². The van der Waals surface area contributed by atoms with Gasteiger partial charge >= 0.3 is 0 Å². The van der Waals surface area contributed by atoms with Crippen molar-refractivity contribution < 1.29 is 0 Å². The molecule has 9 rings (SSSR count). The summed E-state index contributed by atoms with van der Waals surface area (Å²) in [6.07, 6.45) is 0. The van der Waals surface area contributed by atoms with E-state index in [-0.39, 0.29) is 0 Å². The van der Waals surface area contributed by atoms with Crippen LogP contribution in [0, 0.1) is 13.8 Å². The lowest BCUT2D eigenvalue weighted by atomic mass is 9.85. The smallest absolute Gasteiger partial charge is 0.0491 e. The van der Waals surface area contributed by atoms with Gasteiger partial charge in [0, 0.05) is 28.4 Å². The number of aromatic nitrogens is 1. The van der Waals surface area contributed by atoms with E-state index in [0.717, 1.165) is 6.54 Å². The lowest BCUT2D eigenvalue weighted by Gasteiger charge is -2.18. The highest BCUT2D eigenvalue weighted by atomic mass is 15.0. The number of rotatable bonds is 5. The summed E-state index contributed by atoms with van der Waals surface area (Å²) in [5.41, 5.74) is 15.2. The molecule has 1 nitrogen and oxygen atoms in total. The van der Waals surface area contributed by atoms with Gasteiger partial charge in [0.1, 0.15) is 0 Å². The molecule has 0 bridgehead atoms. The van der Waals surface area contributed by atoms with Gasteiger partial charge in [-0.15, -0.1) is 0 Å². The number of para-hydroxylation sites is 1. The first kappa shape index (κ1) is 29.2. The van der Waals surface area contributed by atoms with Gasteiger partial charge in [-0.05, 0) is 105 Å². The van der Waals surface area contributed by atoms with Crippen LogP contribution in [0.2, 0.25) is 0 Å². The van der Waals surface area contributed by atoms with Crippen LogP contribution < -0.4 is 0 Å². The zero-order valence-corrected chi connectivity index (χ0v) is 28.2. The Hall–Kier alpha value is -5.92. The Labute approximate surface area is 287 Å². The van der Waals surface area contributed by atoms with Crippen molar-refractivity contribution in [2.24, 2.45) is 0 Å². The highest BCUT2D eigenvalue weighted by molar-refractivity contribution is 6.21. The maximum atomic E-state index is 2.41. The van der Waals surface area contributed by atoms with Gasteiger partial charge in [0.25, 0.3) is 0 Å². The highest BCUT2D eigenvalue weighted by Crippen LogP contribution is 2.44. The third kappa shape index (κ3) is 4.85. The van der Waals surface area contributed by atoms with Gasteiger partial charge in [0.15, 0.2) is 0 Å². The molecule has 49 heavy (non-hydrogen) atoms. The van der Waals surface area contributed by atoms with Crippen LogP contribution in [0.25, 0.3) is 87.9 Å². The van der Waals surface area contributed by atoms with Crippen LogP contribution in [0.3, 0.4) is 0 Å². The second kappa shape index (κ2) is 11.6. The summed E-state index contributed by atoms with van der Waals surface area (Å²) in [6.45, 7) is 7.56. The maximum Gasteiger partial charge on any atom is 0.0491 e. The second-order valence-electron chi connectivity index (χ2n) is 13.4. The van der Waals surface area contributed by atoms with Crippen molar-refractivity contribution in [3.8, 4) is 44.5 Å². The van der Waals surface area contributed by atoms with Crippen LogP contribution in [0.15, 0.2) is 158 Å². The maximum absolute atomic E-state index is 2.41. The third-order valence-electron chi connectivity index (χ3n) is 10.3. The number of hydrogen-bond donors (Lipinski definition) is 0. The lowest BCUT2D eigenvalue weighted by Crippen LogP contribution is -1.92. The van der Waals surface area contributed by atoms with E-state index in [0.29, 0.717) is 0 Å². The van der Waals surface area contributed by atoms with Gasteiger partial charge in [0.05, 0.1) is 0 Å². The molecule has 0 unspecified atom stereocenters. The van der Waals surface area contributed by atoms with E-state index in [1.807, 2.05) is 0 Å². The molecule has 1 aromatic heterocycles. The summed E-state index contributed by atoms with van der Waals surface area (Å²) >= 11 is 0. The zero-order chi connectivity index (χ0) is 33.1. The molecule has 0 spiro atoms. The highest BCUT2D eigenvalue weighted by Gasteiger charge is 2.17. The molecule has 0 radical (unpaired) electrons. The van der Waals surface area contributed by atoms with Crippen molar-refractivity contribution in [1.29, 1.82) is 0 Å². The minimum atomic E-state index is 0.960. The first-order chi connectivity index (χ1) is 24.1. The molecular formula is C48H37N. The Balaban J connectivity index is 1.10. The summed E-state index contributed by atoms with van der Waals surface area (Å²) < 4.78 is 2.41. The molecule has 1 heteroatoms. The Morgan fingerprint density at radius 2 is 0.755 bits per heavy atom. The van der Waals surface area contributed by atoms with Gasteiger partial charge in [-0.1, -0.05) is 151 Å². The zero-order valence-electron chi connectivity index (χ0n) is 28.2. The Kier molecular flexibility index (Phi) is 6.95. The first-order valence-electron chi connectivity index (χ1n) is 17.3. The molecule has 0 saturated carbocycles. The monoisotopic (exact) mass is 627 g/mol. The predicted octanol–water partition coefficient (Wildman–Crippen LogP) is 13.4. The summed E-state index contributed by atoms with van der Waals surface area (Å²) in [5, 5.41) is 7.78. The van der Waals surface area contributed by atoms with Gasteiger partial charge in [-0.3, -0.25) is 0 Å². The first-order valence-corrected chi connectivity index (χ1v) is 17.3. The topological polar surface area (TPSA) is 4.93 Å². The fraction of sp³-hybridized carbons (Fsp3) is 0.0833. The van der Waals surface area contributed by atoms with Crippen molar-refractivity contribution in [2.75, 3.05) is 0 Å². The number of benzene rings is 8. The Morgan fingerprint density at radius 1 is 0.347 bits per heavy atom. The lowest BCUT2D eigenvalue weighted by molar-refractivity contribution is 0.827. The van der Waals surface area contributed by atoms with E-state index in [4.69, 9.17) is 0 Å². The molecule has 0 N–H and O–H groups in total. The van der Waals surface area contributed by atoms with E-state index in [2.05, 4.69) is 183 Å². The van der Waals surface area contributed by atoms with E-state index < -0.39 is 0 Å². The fourth-order valence-electron chi connectivity index (χ4n) is 8.13. The van der Waals surface area contributed by atoms with Gasteiger partial charge < -0.3 is 4.57 Å². The van der Waals surface area contributed by atoms with E-state index in [1.54, 1.807) is 0 Å². The molecular weight excluding hydrogens is 591 g/mol. The quantitative estimate of drug-likeness (QED) is 0.167. The molecule has 8 aromatic carbocycles. The van der Waals surface area contributed by atoms with Gasteiger partial charge in [-0.25, -0.2) is 0 Å². The molecule has 0 aliphatic rings. The second-order valence-corrected chi connectivity index (χ2v) is 13.4. The van der Waals surface area contributed by atoms with Gasteiger partial charge in [-0.2, -0.15) is 0 Å². The SMILES string of the molecule is CCn1c2ccccc2c2cc(-c3ccc(-c4ccc(-c5c6ccccc6c(-c6cc(C)cc(C)c6)c6ccccc56)cc4)cc3)ccc21. The number of nitrogens with zero attached hydrogens (tertiary/aromatic N) is 1. The van der Waals surface area contributed by atoms with Crippen LogP contribution in [-0.2, 0) is 6.54 Å². The molecule has 0 saturated heterocycles. The molecule has 0 aliphatic heterocycles. The normalized spacial score (nSPS) is 11.7. The summed E-state index contributed by atoms with van der Waals surface area (Å²) in [4.78, 5) is 0. The predicted molar refractivity (Wildman–Crippen MR) is 211 cm³/mol. The molecule has 9 aromatic rings. The summed E-state index contributed by atoms with van der Waals surface area (Å²) in [7, 11) is 0. The van der Waals surface area contributed by atoms with Crippen molar-refractivity contribution in [3.63, 3.8) is 0 Å². The fourth-order valence-corrected chi connectivity index (χ4v) is 8.13. The van der Waals surface area contributed by atoms with Crippen LogP contribution in [0.4, 0.5) is 0 Å². The van der Waals surface area contributed by atoms with Crippen LogP contribution in [-0.4, -0.2) is 4.57 Å². The molecule has 234 valence electrons. The number of aryl methyl sites for hydroxylation is 3. The summed E-state index contributed by atoms with van der Waals surface area (Å²) in [6, 6.07) is 58.5. The van der Waals surface area contributed by atoms with E-state index in [1.165, 1.54) is 99.0 Å². The van der Waals surface area contributed by atoms with Crippen LogP contribution in [0.1, 0.15) is 18.1 Å². The van der Waals surface area contributed by atoms with E-state index >= 15 is 0 Å². The number of fused-ring (bicyclic) bond motifs is 5. The number of hydrogen-bond acceptors (Lipinski definition) is 0. The Bertz CT molecular complexity index is 2610. The van der Waals surface area contributed by atoms with Crippen molar-refractivity contribution in [3.05, 3.63) is 169 Å². The third-order valence-corrected chi connectivity index (χ3v) is 10.3. The summed E-state index contributed by atoms with van der Waals surface area (Å²) in [5.74, 6) is 0. The van der Waals surface area contributed by atoms with Crippen molar-refractivity contribution in [1.82, 2.24) is 4.57 Å². The molecule has 0 fully saturated rings. The molecule has 0 amide bonds. The molecule has 0 atom stereocenters. The van der Waals surface area contributed by atoms with Crippen molar-refractivity contribution >= 4 is 43.4 Å².